The van der Waals surface area contributed by atoms with Gasteiger partial charge in [-0.1, -0.05) is 12.1 Å². The van der Waals surface area contributed by atoms with Crippen LogP contribution in [-0.2, 0) is 0 Å². The Kier molecular flexibility index (Phi) is 4.93. The van der Waals surface area contributed by atoms with E-state index in [-0.39, 0.29) is 12.2 Å². The maximum absolute atomic E-state index is 4.82. The molecule has 0 saturated carbocycles. The molecule has 0 amide bonds. The summed E-state index contributed by atoms with van der Waals surface area (Å²) in [6, 6.07) is 8.51. The zero-order valence-electron chi connectivity index (χ0n) is 16.9. The third-order valence-corrected chi connectivity index (χ3v) is 5.07. The predicted molar refractivity (Wildman–Crippen MR) is 115 cm³/mol. The molecule has 0 fully saturated rings. The fourth-order valence-corrected chi connectivity index (χ4v) is 3.50. The Morgan fingerprint density at radius 1 is 1.11 bits per heavy atom. The van der Waals surface area contributed by atoms with Crippen LogP contribution in [0.15, 0.2) is 30.6 Å². The number of rotatable bonds is 7. The average molecular weight is 381 g/mol. The molecule has 0 saturated heterocycles. The maximum Gasteiger partial charge on any atom is 0.229 e. The molecule has 0 atom stereocenters. The van der Waals surface area contributed by atoms with E-state index in [2.05, 4.69) is 70.2 Å². The molecule has 1 aromatic carbocycles. The Bertz CT molecular complexity index is 935. The molecule has 2 aromatic heterocycles. The van der Waals surface area contributed by atoms with E-state index >= 15 is 0 Å². The van der Waals surface area contributed by atoms with Gasteiger partial charge in [0.05, 0.1) is 24.2 Å². The molecular weight excluding hydrogens is 352 g/mol. The zero-order valence-corrected chi connectivity index (χ0v) is 16.9. The number of para-hydroxylation sites is 2. The van der Waals surface area contributed by atoms with Crippen LogP contribution >= 0.6 is 0 Å². The van der Waals surface area contributed by atoms with Gasteiger partial charge in [-0.2, -0.15) is 9.97 Å². The number of imidazole rings is 1. The second kappa shape index (κ2) is 7.53. The lowest BCUT2D eigenvalue weighted by Crippen LogP contribution is -2.31. The standard InChI is InChI=1S/C20H28N8/c1-5-27(6-2)20-25-18(17-19(26-20)28(12-22-17)13(3)4)21-11-16-23-14-9-7-8-10-15(14)24-16/h7-10,12-13,16,23-24H,5-6,11H2,1-4H3,(H,21,25,26). The fourth-order valence-electron chi connectivity index (χ4n) is 3.50. The summed E-state index contributed by atoms with van der Waals surface area (Å²) in [5.74, 6) is 1.50. The van der Waals surface area contributed by atoms with E-state index in [4.69, 9.17) is 9.97 Å². The van der Waals surface area contributed by atoms with Crippen LogP contribution in [-0.4, -0.2) is 45.3 Å². The summed E-state index contributed by atoms with van der Waals surface area (Å²) in [5.41, 5.74) is 3.91. The van der Waals surface area contributed by atoms with Gasteiger partial charge in [0.15, 0.2) is 17.0 Å². The molecule has 4 rings (SSSR count). The first-order chi connectivity index (χ1) is 13.6. The first-order valence-electron chi connectivity index (χ1n) is 9.96. The highest BCUT2D eigenvalue weighted by Crippen LogP contribution is 2.29. The van der Waals surface area contributed by atoms with Gasteiger partial charge >= 0.3 is 0 Å². The van der Waals surface area contributed by atoms with Crippen molar-refractivity contribution in [1.82, 2.24) is 19.5 Å². The molecule has 148 valence electrons. The molecule has 8 heteroatoms. The number of nitrogens with zero attached hydrogens (tertiary/aromatic N) is 5. The Labute approximate surface area is 165 Å². The molecule has 3 heterocycles. The van der Waals surface area contributed by atoms with Crippen molar-refractivity contribution in [3.8, 4) is 0 Å². The minimum absolute atomic E-state index is 0.0894. The van der Waals surface area contributed by atoms with E-state index in [1.165, 1.54) is 0 Å². The molecule has 3 aromatic rings. The molecule has 28 heavy (non-hydrogen) atoms. The monoisotopic (exact) mass is 380 g/mol. The largest absolute Gasteiger partial charge is 0.364 e. The van der Waals surface area contributed by atoms with Gasteiger partial charge in [-0.3, -0.25) is 0 Å². The molecule has 3 N–H and O–H groups in total. The molecule has 1 aliphatic heterocycles. The Balaban J connectivity index is 1.62. The number of benzene rings is 1. The van der Waals surface area contributed by atoms with Crippen molar-refractivity contribution in [2.45, 2.75) is 39.9 Å². The smallest absolute Gasteiger partial charge is 0.229 e. The highest BCUT2D eigenvalue weighted by molar-refractivity contribution is 5.84. The van der Waals surface area contributed by atoms with Gasteiger partial charge in [0.1, 0.15) is 6.17 Å². The van der Waals surface area contributed by atoms with Gasteiger partial charge in [0.2, 0.25) is 5.95 Å². The molecular formula is C20H28N8. The van der Waals surface area contributed by atoms with Crippen molar-refractivity contribution < 1.29 is 0 Å². The van der Waals surface area contributed by atoms with E-state index in [1.807, 2.05) is 18.5 Å². The topological polar surface area (TPSA) is 82.9 Å². The minimum atomic E-state index is 0.0894. The summed E-state index contributed by atoms with van der Waals surface area (Å²) in [6.45, 7) is 10.9. The van der Waals surface area contributed by atoms with Gasteiger partial charge in [-0.15, -0.1) is 0 Å². The average Bonchev–Trinajstić information content (AvgIpc) is 3.31. The van der Waals surface area contributed by atoms with Crippen molar-refractivity contribution in [3.05, 3.63) is 30.6 Å². The second-order valence-corrected chi connectivity index (χ2v) is 7.23. The zero-order chi connectivity index (χ0) is 19.7. The molecule has 1 aliphatic rings. The van der Waals surface area contributed by atoms with E-state index in [0.717, 1.165) is 47.4 Å². The number of aromatic nitrogens is 4. The number of anilines is 4. The highest BCUT2D eigenvalue weighted by atomic mass is 15.3. The van der Waals surface area contributed by atoms with Crippen molar-refractivity contribution in [2.75, 3.05) is 40.5 Å². The predicted octanol–water partition coefficient (Wildman–Crippen LogP) is 3.53. The van der Waals surface area contributed by atoms with Gasteiger partial charge < -0.3 is 25.4 Å². The summed E-state index contributed by atoms with van der Waals surface area (Å²) in [4.78, 5) is 16.4. The van der Waals surface area contributed by atoms with Crippen molar-refractivity contribution in [3.63, 3.8) is 0 Å². The SMILES string of the molecule is CCN(CC)c1nc(NCC2Nc3ccccc3N2)c2ncn(C(C)C)c2n1. The quantitative estimate of drug-likeness (QED) is 0.578. The summed E-state index contributed by atoms with van der Waals surface area (Å²) in [5, 5.41) is 10.4. The molecule has 0 spiro atoms. The first-order valence-corrected chi connectivity index (χ1v) is 9.96. The lowest BCUT2D eigenvalue weighted by Gasteiger charge is -2.21. The van der Waals surface area contributed by atoms with Crippen LogP contribution in [0.5, 0.6) is 0 Å². The number of hydrogen-bond acceptors (Lipinski definition) is 7. The lowest BCUT2D eigenvalue weighted by molar-refractivity contribution is 0.612. The Morgan fingerprint density at radius 2 is 1.79 bits per heavy atom. The van der Waals surface area contributed by atoms with E-state index in [9.17, 15) is 0 Å². The summed E-state index contributed by atoms with van der Waals surface area (Å²) >= 11 is 0. The maximum atomic E-state index is 4.82. The van der Waals surface area contributed by atoms with Crippen LogP contribution < -0.4 is 20.9 Å². The fraction of sp³-hybridized carbons (Fsp3) is 0.450. The number of hydrogen-bond donors (Lipinski definition) is 3. The van der Waals surface area contributed by atoms with Crippen LogP contribution in [0.2, 0.25) is 0 Å². The van der Waals surface area contributed by atoms with Crippen LogP contribution in [0.3, 0.4) is 0 Å². The molecule has 0 aliphatic carbocycles. The van der Waals surface area contributed by atoms with Crippen molar-refractivity contribution >= 4 is 34.3 Å². The summed E-state index contributed by atoms with van der Waals surface area (Å²) < 4.78 is 2.09. The summed E-state index contributed by atoms with van der Waals surface area (Å²) in [7, 11) is 0. The normalized spacial score (nSPS) is 13.5. The first kappa shape index (κ1) is 18.3. The molecule has 0 unspecified atom stereocenters. The highest BCUT2D eigenvalue weighted by Gasteiger charge is 2.21. The second-order valence-electron chi connectivity index (χ2n) is 7.23. The Hall–Kier alpha value is -3.03. The van der Waals surface area contributed by atoms with Gasteiger partial charge in [0, 0.05) is 19.1 Å². The van der Waals surface area contributed by atoms with E-state index < -0.39 is 0 Å². The molecule has 8 nitrogen and oxygen atoms in total. The molecule has 0 radical (unpaired) electrons. The number of nitrogens with one attached hydrogen (secondary N) is 3. The van der Waals surface area contributed by atoms with E-state index in [1.54, 1.807) is 0 Å². The third-order valence-electron chi connectivity index (χ3n) is 5.07. The lowest BCUT2D eigenvalue weighted by atomic mass is 10.3. The van der Waals surface area contributed by atoms with Crippen LogP contribution in [0.1, 0.15) is 33.7 Å². The third kappa shape index (κ3) is 3.30. The van der Waals surface area contributed by atoms with Gasteiger partial charge in [0.25, 0.3) is 0 Å². The Morgan fingerprint density at radius 3 is 2.39 bits per heavy atom. The summed E-state index contributed by atoms with van der Waals surface area (Å²) in [6.07, 6.45) is 1.94. The van der Waals surface area contributed by atoms with Crippen molar-refractivity contribution in [2.24, 2.45) is 0 Å². The minimum Gasteiger partial charge on any atom is -0.364 e. The van der Waals surface area contributed by atoms with Crippen molar-refractivity contribution in [1.29, 1.82) is 0 Å². The van der Waals surface area contributed by atoms with E-state index in [0.29, 0.717) is 6.54 Å². The molecule has 0 bridgehead atoms. The van der Waals surface area contributed by atoms with Gasteiger partial charge in [-0.05, 0) is 39.8 Å². The van der Waals surface area contributed by atoms with Gasteiger partial charge in [-0.25, -0.2) is 4.98 Å². The van der Waals surface area contributed by atoms with Crippen LogP contribution in [0.4, 0.5) is 23.1 Å². The van der Waals surface area contributed by atoms with Crippen LogP contribution in [0, 0.1) is 0 Å². The van der Waals surface area contributed by atoms with Crippen LogP contribution in [0.25, 0.3) is 11.2 Å². The number of fused-ring (bicyclic) bond motifs is 2.